The van der Waals surface area contributed by atoms with Crippen molar-refractivity contribution in [2.45, 2.75) is 459 Å². The van der Waals surface area contributed by atoms with E-state index in [0.717, 1.165) is 114 Å². The zero-order valence-corrected chi connectivity index (χ0v) is 70.5. The van der Waals surface area contributed by atoms with Crippen LogP contribution in [-0.2, 0) is 65.4 Å². The largest absolute Gasteiger partial charge is 0.472 e. The molecule has 0 spiro atoms. The van der Waals surface area contributed by atoms with Gasteiger partial charge in [0.15, 0.2) is 12.2 Å². The van der Waals surface area contributed by atoms with Crippen molar-refractivity contribution in [3.8, 4) is 0 Å². The van der Waals surface area contributed by atoms with E-state index in [9.17, 15) is 43.2 Å². The molecule has 3 N–H and O–H groups in total. The first-order valence-corrected chi connectivity index (χ1v) is 46.8. The number of phosphoric ester groups is 2. The van der Waals surface area contributed by atoms with Crippen molar-refractivity contribution in [1.82, 2.24) is 0 Å². The molecule has 0 fully saturated rings. The van der Waals surface area contributed by atoms with Crippen molar-refractivity contribution in [3.05, 3.63) is 0 Å². The van der Waals surface area contributed by atoms with Gasteiger partial charge in [0.25, 0.3) is 0 Å². The molecule has 104 heavy (non-hydrogen) atoms. The fourth-order valence-corrected chi connectivity index (χ4v) is 14.7. The molecule has 0 aromatic rings. The monoisotopic (exact) mass is 1520 g/mol. The maximum atomic E-state index is 13.1. The summed E-state index contributed by atoms with van der Waals surface area (Å²) in [5.74, 6) is 1.09. The Morgan fingerprint density at radius 1 is 0.269 bits per heavy atom. The molecule has 0 saturated carbocycles. The second kappa shape index (κ2) is 73.8. The lowest BCUT2D eigenvalue weighted by atomic mass is 9.99. The van der Waals surface area contributed by atoms with Gasteiger partial charge in [-0.1, -0.05) is 389 Å². The van der Waals surface area contributed by atoms with Gasteiger partial charge in [-0.2, -0.15) is 0 Å². The molecule has 19 heteroatoms. The first-order chi connectivity index (χ1) is 50.2. The summed E-state index contributed by atoms with van der Waals surface area (Å²) < 4.78 is 68.9. The molecule has 0 heterocycles. The molecule has 17 nitrogen and oxygen atoms in total. The Labute approximate surface area is 638 Å². The number of phosphoric acid groups is 2. The summed E-state index contributed by atoms with van der Waals surface area (Å²) in [7, 11) is -9.93. The van der Waals surface area contributed by atoms with Crippen LogP contribution in [0.2, 0.25) is 0 Å². The number of hydrogen-bond acceptors (Lipinski definition) is 15. The maximum absolute atomic E-state index is 13.1. The Morgan fingerprint density at radius 3 is 0.683 bits per heavy atom. The number of hydrogen-bond donors (Lipinski definition) is 3. The van der Waals surface area contributed by atoms with Crippen molar-refractivity contribution < 1.29 is 80.2 Å². The van der Waals surface area contributed by atoms with Crippen LogP contribution in [0.15, 0.2) is 0 Å². The third kappa shape index (κ3) is 75.5. The van der Waals surface area contributed by atoms with Crippen molar-refractivity contribution in [3.63, 3.8) is 0 Å². The van der Waals surface area contributed by atoms with Crippen molar-refractivity contribution in [2.75, 3.05) is 39.6 Å². The molecular formula is C85H166O17P2. The average Bonchev–Trinajstić information content (AvgIpc) is 0.903. The smallest absolute Gasteiger partial charge is 0.462 e. The highest BCUT2D eigenvalue weighted by Crippen LogP contribution is 2.45. The summed E-state index contributed by atoms with van der Waals surface area (Å²) in [6, 6.07) is 0. The summed E-state index contributed by atoms with van der Waals surface area (Å²) >= 11 is 0. The number of aliphatic hydroxyl groups excluding tert-OH is 1. The number of aliphatic hydroxyl groups is 1. The fourth-order valence-electron chi connectivity index (χ4n) is 13.1. The molecule has 0 radical (unpaired) electrons. The first-order valence-electron chi connectivity index (χ1n) is 43.8. The molecule has 618 valence electrons. The molecule has 5 unspecified atom stereocenters. The highest BCUT2D eigenvalue weighted by Gasteiger charge is 2.30. The Kier molecular flexibility index (Phi) is 72.5. The van der Waals surface area contributed by atoms with Crippen molar-refractivity contribution in [1.29, 1.82) is 0 Å². The van der Waals surface area contributed by atoms with Crippen molar-refractivity contribution in [2.24, 2.45) is 23.7 Å². The van der Waals surface area contributed by atoms with E-state index in [1.165, 1.54) is 238 Å². The van der Waals surface area contributed by atoms with Crippen LogP contribution in [0.1, 0.15) is 441 Å². The molecule has 0 aliphatic heterocycles. The zero-order valence-electron chi connectivity index (χ0n) is 68.7. The number of unbranched alkanes of at least 4 members (excludes halogenated alkanes) is 46. The van der Waals surface area contributed by atoms with E-state index in [-0.39, 0.29) is 25.7 Å². The summed E-state index contributed by atoms with van der Waals surface area (Å²) in [5.41, 5.74) is 0. The minimum absolute atomic E-state index is 0.107. The van der Waals surface area contributed by atoms with Crippen LogP contribution in [-0.4, -0.2) is 96.7 Å². The number of esters is 4. The Hall–Kier alpha value is -1.94. The topological polar surface area (TPSA) is 237 Å². The lowest BCUT2D eigenvalue weighted by molar-refractivity contribution is -0.161. The van der Waals surface area contributed by atoms with Crippen molar-refractivity contribution >= 4 is 39.5 Å². The molecule has 0 amide bonds. The van der Waals surface area contributed by atoms with E-state index in [4.69, 9.17) is 37.0 Å². The Bertz CT molecular complexity index is 2030. The molecule has 0 rings (SSSR count). The van der Waals surface area contributed by atoms with Crippen LogP contribution in [0.3, 0.4) is 0 Å². The Balaban J connectivity index is 5.24. The van der Waals surface area contributed by atoms with Gasteiger partial charge in [-0.15, -0.1) is 0 Å². The van der Waals surface area contributed by atoms with E-state index >= 15 is 0 Å². The van der Waals surface area contributed by atoms with Crippen LogP contribution < -0.4 is 0 Å². The SMILES string of the molecule is CCC(C)CCCCCCCCCCCCCCCCC(=O)O[C@H](COC(=O)CCCCCCCCCCCCCCCCCC(C)C)COP(=O)(O)OCC(O)COP(=O)(O)OC[C@@H](COC(=O)CCCCCCCCCC(C)C)OC(=O)CCCCCCCCCCCCCCCCC(C)CC. The van der Waals surface area contributed by atoms with Gasteiger partial charge in [-0.25, -0.2) is 9.13 Å². The predicted octanol–water partition coefficient (Wildman–Crippen LogP) is 25.6. The number of ether oxygens (including phenoxy) is 4. The average molecular weight is 1520 g/mol. The van der Waals surface area contributed by atoms with Gasteiger partial charge >= 0.3 is 39.5 Å². The predicted molar refractivity (Wildman–Crippen MR) is 428 cm³/mol. The summed E-state index contributed by atoms with van der Waals surface area (Å²) in [6.07, 6.45) is 62.4. The van der Waals surface area contributed by atoms with Gasteiger partial charge in [-0.05, 0) is 49.4 Å². The highest BCUT2D eigenvalue weighted by molar-refractivity contribution is 7.47. The fraction of sp³-hybridized carbons (Fsp3) is 0.953. The highest BCUT2D eigenvalue weighted by atomic mass is 31.2. The van der Waals surface area contributed by atoms with Crippen LogP contribution in [0, 0.1) is 23.7 Å². The first kappa shape index (κ1) is 102. The standard InChI is InChI=1S/C85H166O17P2/c1-9-77(7)63-55-47-39-31-25-19-14-16-22-28-34-42-51-59-67-84(89)101-80(71-95-82(87)65-57-49-41-33-27-21-13-11-12-18-24-30-37-45-53-61-75(3)4)73-99-103(91,92)97-69-79(86)70-98-104(93,94)100-74-81(72-96-83(88)66-58-50-44-36-38-46-54-62-76(5)6)102-85(90)68-60-52-43-35-29-23-17-15-20-26-32-40-48-56-64-78(8)10-2/h75-81,86H,9-74H2,1-8H3,(H,91,92)(H,93,94)/t77?,78?,79?,80-,81-/m1/s1. The van der Waals surface area contributed by atoms with Crippen LogP contribution in [0.25, 0.3) is 0 Å². The van der Waals surface area contributed by atoms with Gasteiger partial charge in [0.2, 0.25) is 0 Å². The van der Waals surface area contributed by atoms with E-state index in [0.29, 0.717) is 31.6 Å². The third-order valence-corrected chi connectivity index (χ3v) is 22.4. The van der Waals surface area contributed by atoms with E-state index in [1.54, 1.807) is 0 Å². The summed E-state index contributed by atoms with van der Waals surface area (Å²) in [4.78, 5) is 73.2. The number of rotatable bonds is 82. The summed E-state index contributed by atoms with van der Waals surface area (Å²) in [6.45, 7) is 14.4. The van der Waals surface area contributed by atoms with Gasteiger partial charge in [0, 0.05) is 25.7 Å². The summed E-state index contributed by atoms with van der Waals surface area (Å²) in [5, 5.41) is 10.7. The number of carbonyl (C=O) groups is 4. The van der Waals surface area contributed by atoms with E-state index < -0.39 is 97.5 Å². The Morgan fingerprint density at radius 2 is 0.462 bits per heavy atom. The van der Waals surface area contributed by atoms with E-state index in [2.05, 4.69) is 55.4 Å². The maximum Gasteiger partial charge on any atom is 0.472 e. The van der Waals surface area contributed by atoms with Crippen LogP contribution >= 0.6 is 15.6 Å². The molecule has 0 saturated heterocycles. The normalized spacial score (nSPS) is 14.5. The molecule has 7 atom stereocenters. The minimum atomic E-state index is -4.97. The lowest BCUT2D eigenvalue weighted by Crippen LogP contribution is -2.30. The van der Waals surface area contributed by atoms with Gasteiger partial charge in [0.1, 0.15) is 19.3 Å². The zero-order chi connectivity index (χ0) is 76.7. The van der Waals surface area contributed by atoms with Gasteiger partial charge in [0.05, 0.1) is 26.4 Å². The molecular weight excluding hydrogens is 1350 g/mol. The minimum Gasteiger partial charge on any atom is -0.462 e. The van der Waals surface area contributed by atoms with Gasteiger partial charge < -0.3 is 33.8 Å². The second-order valence-electron chi connectivity index (χ2n) is 32.0. The molecule has 0 aromatic carbocycles. The van der Waals surface area contributed by atoms with Crippen LogP contribution in [0.4, 0.5) is 0 Å². The molecule has 0 aromatic heterocycles. The molecule has 0 aliphatic rings. The van der Waals surface area contributed by atoms with Crippen LogP contribution in [0.5, 0.6) is 0 Å². The number of carbonyl (C=O) groups excluding carboxylic acids is 4. The molecule has 0 aliphatic carbocycles. The third-order valence-electron chi connectivity index (χ3n) is 20.5. The second-order valence-corrected chi connectivity index (χ2v) is 34.9. The molecule has 0 bridgehead atoms. The van der Waals surface area contributed by atoms with E-state index in [1.807, 2.05) is 0 Å². The quantitative estimate of drug-likeness (QED) is 0.0222. The lowest BCUT2D eigenvalue weighted by Gasteiger charge is -2.21. The van der Waals surface area contributed by atoms with Gasteiger partial charge in [-0.3, -0.25) is 37.3 Å².